The van der Waals surface area contributed by atoms with Crippen LogP contribution in [0.3, 0.4) is 0 Å². The van der Waals surface area contributed by atoms with Crippen LogP contribution in [0, 0.1) is 24.4 Å². The Bertz CT molecular complexity index is 547. The molecule has 0 bridgehead atoms. The molecular weight excluding hydrogens is 239 g/mol. The highest BCUT2D eigenvalue weighted by molar-refractivity contribution is 5.46. The molecule has 0 radical (unpaired) electrons. The normalized spacial score (nSPS) is 10.4. The largest absolute Gasteiger partial charge is 0.381 e. The zero-order valence-electron chi connectivity index (χ0n) is 9.81. The molecule has 0 aliphatic carbocycles. The minimum atomic E-state index is -0.885. The minimum Gasteiger partial charge on any atom is -0.381 e. The van der Waals surface area contributed by atoms with E-state index in [0.29, 0.717) is 5.69 Å². The Morgan fingerprint density at radius 1 is 1.06 bits per heavy atom. The first-order valence-corrected chi connectivity index (χ1v) is 5.50. The lowest BCUT2D eigenvalue weighted by atomic mass is 10.2. The van der Waals surface area contributed by atoms with Crippen LogP contribution in [0.4, 0.5) is 18.9 Å². The van der Waals surface area contributed by atoms with Gasteiger partial charge in [0.05, 0.1) is 0 Å². The summed E-state index contributed by atoms with van der Waals surface area (Å²) in [7, 11) is 0. The minimum absolute atomic E-state index is 0.104. The van der Waals surface area contributed by atoms with Gasteiger partial charge in [-0.3, -0.25) is 0 Å². The molecule has 4 heteroatoms. The van der Waals surface area contributed by atoms with Crippen LogP contribution in [0.2, 0.25) is 0 Å². The van der Waals surface area contributed by atoms with Crippen LogP contribution >= 0.6 is 0 Å². The van der Waals surface area contributed by atoms with Gasteiger partial charge in [0.1, 0.15) is 5.82 Å². The van der Waals surface area contributed by atoms with Crippen LogP contribution in [0.1, 0.15) is 11.1 Å². The molecule has 0 aromatic heterocycles. The first-order chi connectivity index (χ1) is 8.56. The smallest absolute Gasteiger partial charge is 0.163 e. The van der Waals surface area contributed by atoms with Gasteiger partial charge in [0.15, 0.2) is 11.6 Å². The lowest BCUT2D eigenvalue weighted by Crippen LogP contribution is -2.03. The van der Waals surface area contributed by atoms with E-state index in [0.717, 1.165) is 11.6 Å². The topological polar surface area (TPSA) is 12.0 Å². The van der Waals surface area contributed by atoms with Crippen molar-refractivity contribution >= 4 is 5.69 Å². The van der Waals surface area contributed by atoms with Crippen LogP contribution in [0.5, 0.6) is 0 Å². The van der Waals surface area contributed by atoms with Gasteiger partial charge in [-0.15, -0.1) is 0 Å². The Hall–Kier alpha value is -1.97. The van der Waals surface area contributed by atoms with Crippen molar-refractivity contribution in [2.24, 2.45) is 0 Å². The van der Waals surface area contributed by atoms with Crippen molar-refractivity contribution < 1.29 is 13.2 Å². The highest BCUT2D eigenvalue weighted by Gasteiger charge is 2.07. The maximum atomic E-state index is 13.4. The number of nitrogens with one attached hydrogen (secondary N) is 1. The number of hydrogen-bond donors (Lipinski definition) is 1. The molecule has 0 aliphatic rings. The summed E-state index contributed by atoms with van der Waals surface area (Å²) in [6.07, 6.45) is 0. The number of anilines is 1. The van der Waals surface area contributed by atoms with Crippen LogP contribution in [0.25, 0.3) is 0 Å². The van der Waals surface area contributed by atoms with Gasteiger partial charge in [-0.05, 0) is 36.8 Å². The summed E-state index contributed by atoms with van der Waals surface area (Å²) in [4.78, 5) is 0. The van der Waals surface area contributed by atoms with Gasteiger partial charge in [0.25, 0.3) is 0 Å². The van der Waals surface area contributed by atoms with Crippen molar-refractivity contribution in [3.63, 3.8) is 0 Å². The zero-order valence-corrected chi connectivity index (χ0v) is 9.81. The van der Waals surface area contributed by atoms with E-state index in [9.17, 15) is 13.2 Å². The van der Waals surface area contributed by atoms with Crippen molar-refractivity contribution in [3.05, 3.63) is 65.0 Å². The number of halogens is 3. The zero-order chi connectivity index (χ0) is 13.1. The molecule has 0 aliphatic heterocycles. The van der Waals surface area contributed by atoms with Gasteiger partial charge in [0, 0.05) is 17.8 Å². The summed E-state index contributed by atoms with van der Waals surface area (Å²) < 4.78 is 39.5. The average molecular weight is 251 g/mol. The molecule has 2 rings (SSSR count). The average Bonchev–Trinajstić information content (AvgIpc) is 2.30. The Morgan fingerprint density at radius 3 is 2.56 bits per heavy atom. The van der Waals surface area contributed by atoms with Crippen LogP contribution in [-0.2, 0) is 6.54 Å². The first-order valence-electron chi connectivity index (χ1n) is 5.50. The molecular formula is C14H12F3N. The molecule has 0 amide bonds. The fourth-order valence-corrected chi connectivity index (χ4v) is 1.72. The summed E-state index contributed by atoms with van der Waals surface area (Å²) in [6.45, 7) is 1.86. The van der Waals surface area contributed by atoms with Crippen molar-refractivity contribution in [1.29, 1.82) is 0 Å². The summed E-state index contributed by atoms with van der Waals surface area (Å²) in [5, 5.41) is 2.86. The predicted octanol–water partition coefficient (Wildman–Crippen LogP) is 4.02. The van der Waals surface area contributed by atoms with E-state index < -0.39 is 11.6 Å². The number of rotatable bonds is 3. The third-order valence-corrected chi connectivity index (χ3v) is 2.56. The second-order valence-corrected chi connectivity index (χ2v) is 4.08. The number of hydrogen-bond acceptors (Lipinski definition) is 1. The molecule has 0 saturated heterocycles. The van der Waals surface area contributed by atoms with E-state index in [4.69, 9.17) is 0 Å². The van der Waals surface area contributed by atoms with E-state index in [1.54, 1.807) is 13.0 Å². The molecule has 1 nitrogen and oxygen atoms in total. The van der Waals surface area contributed by atoms with Crippen LogP contribution < -0.4 is 5.32 Å². The number of aryl methyl sites for hydroxylation is 1. The van der Waals surface area contributed by atoms with Crippen LogP contribution in [0.15, 0.2) is 36.4 Å². The Kier molecular flexibility index (Phi) is 3.55. The molecule has 2 aromatic rings. The molecule has 0 atom stereocenters. The Labute approximate surface area is 103 Å². The predicted molar refractivity (Wildman–Crippen MR) is 64.8 cm³/mol. The van der Waals surface area contributed by atoms with Crippen molar-refractivity contribution in [3.8, 4) is 0 Å². The van der Waals surface area contributed by atoms with Gasteiger partial charge in [0.2, 0.25) is 0 Å². The maximum absolute atomic E-state index is 13.4. The van der Waals surface area contributed by atoms with Gasteiger partial charge >= 0.3 is 0 Å². The van der Waals surface area contributed by atoms with E-state index in [-0.39, 0.29) is 17.9 Å². The standard InChI is InChI=1S/C14H12F3N/c1-9-5-11(15)7-12(6-9)18-8-10-3-2-4-13(16)14(10)17/h2-7,18H,8H2,1H3. The SMILES string of the molecule is Cc1cc(F)cc(NCc2cccc(F)c2F)c1. The third kappa shape index (κ3) is 2.83. The summed E-state index contributed by atoms with van der Waals surface area (Å²) >= 11 is 0. The highest BCUT2D eigenvalue weighted by Crippen LogP contribution is 2.16. The van der Waals surface area contributed by atoms with E-state index >= 15 is 0 Å². The van der Waals surface area contributed by atoms with Gasteiger partial charge < -0.3 is 5.32 Å². The third-order valence-electron chi connectivity index (χ3n) is 2.56. The summed E-state index contributed by atoms with van der Waals surface area (Å²) in [5.41, 5.74) is 1.50. The van der Waals surface area contributed by atoms with Crippen LogP contribution in [-0.4, -0.2) is 0 Å². The Morgan fingerprint density at radius 2 is 1.83 bits per heavy atom. The second-order valence-electron chi connectivity index (χ2n) is 4.08. The quantitative estimate of drug-likeness (QED) is 0.868. The molecule has 0 fully saturated rings. The first kappa shape index (κ1) is 12.5. The van der Waals surface area contributed by atoms with Crippen molar-refractivity contribution in [1.82, 2.24) is 0 Å². The van der Waals surface area contributed by atoms with Crippen molar-refractivity contribution in [2.45, 2.75) is 13.5 Å². The molecule has 0 spiro atoms. The lowest BCUT2D eigenvalue weighted by Gasteiger charge is -2.08. The monoisotopic (exact) mass is 251 g/mol. The van der Waals surface area contributed by atoms with Crippen molar-refractivity contribution in [2.75, 3.05) is 5.32 Å². The highest BCUT2D eigenvalue weighted by atomic mass is 19.2. The fraction of sp³-hybridized carbons (Fsp3) is 0.143. The Balaban J connectivity index is 2.14. The molecule has 18 heavy (non-hydrogen) atoms. The van der Waals surface area contributed by atoms with E-state index in [1.807, 2.05) is 0 Å². The molecule has 1 N–H and O–H groups in total. The van der Waals surface area contributed by atoms with Gasteiger partial charge in [-0.25, -0.2) is 13.2 Å². The fourth-order valence-electron chi connectivity index (χ4n) is 1.72. The van der Waals surface area contributed by atoms with Gasteiger partial charge in [-0.1, -0.05) is 12.1 Å². The molecule has 0 heterocycles. The lowest BCUT2D eigenvalue weighted by molar-refractivity contribution is 0.500. The molecule has 94 valence electrons. The maximum Gasteiger partial charge on any atom is 0.163 e. The molecule has 2 aromatic carbocycles. The van der Waals surface area contributed by atoms with Gasteiger partial charge in [-0.2, -0.15) is 0 Å². The van der Waals surface area contributed by atoms with E-state index in [2.05, 4.69) is 5.32 Å². The van der Waals surface area contributed by atoms with E-state index in [1.165, 1.54) is 24.3 Å². The summed E-state index contributed by atoms with van der Waals surface area (Å²) in [5.74, 6) is -2.12. The molecule has 0 unspecified atom stereocenters. The summed E-state index contributed by atoms with van der Waals surface area (Å²) in [6, 6.07) is 8.42. The molecule has 0 saturated carbocycles. The second kappa shape index (κ2) is 5.12. The number of benzene rings is 2.